The summed E-state index contributed by atoms with van der Waals surface area (Å²) in [5.41, 5.74) is 0. The van der Waals surface area contributed by atoms with Crippen LogP contribution in [0.4, 0.5) is 0 Å². The summed E-state index contributed by atoms with van der Waals surface area (Å²) >= 11 is 12.6. The van der Waals surface area contributed by atoms with Crippen molar-refractivity contribution in [1.82, 2.24) is 9.80 Å². The van der Waals surface area contributed by atoms with Crippen molar-refractivity contribution in [3.63, 3.8) is 0 Å². The van der Waals surface area contributed by atoms with Crippen LogP contribution in [-0.4, -0.2) is 93.1 Å². The number of ether oxygens (including phenoxy) is 2. The predicted molar refractivity (Wildman–Crippen MR) is 143 cm³/mol. The molecule has 8 nitrogen and oxygen atoms in total. The number of hydrogen-bond acceptors (Lipinski definition) is 8. The minimum atomic E-state index is -3.90. The van der Waals surface area contributed by atoms with E-state index >= 15 is 0 Å². The fraction of sp³-hybridized carbons (Fsp3) is 0.538. The van der Waals surface area contributed by atoms with Gasteiger partial charge in [-0.15, -0.1) is 0 Å². The van der Waals surface area contributed by atoms with Gasteiger partial charge in [-0.25, -0.2) is 8.42 Å². The average Bonchev–Trinajstić information content (AvgIpc) is 3.57. The Kier molecular flexibility index (Phi) is 9.97. The van der Waals surface area contributed by atoms with E-state index in [0.29, 0.717) is 24.6 Å². The van der Waals surface area contributed by atoms with E-state index in [9.17, 15) is 18.6 Å². The van der Waals surface area contributed by atoms with E-state index in [1.165, 1.54) is 36.4 Å². The van der Waals surface area contributed by atoms with Gasteiger partial charge in [0.2, 0.25) is 9.84 Å². The van der Waals surface area contributed by atoms with Gasteiger partial charge in [-0.05, 0) is 88.3 Å². The topological polar surface area (TPSA) is 99.5 Å². The molecule has 0 amide bonds. The van der Waals surface area contributed by atoms with E-state index in [1.54, 1.807) is 0 Å². The lowest BCUT2D eigenvalue weighted by atomic mass is 10.3. The molecule has 2 aliphatic rings. The van der Waals surface area contributed by atoms with Crippen LogP contribution in [-0.2, 0) is 9.84 Å². The van der Waals surface area contributed by atoms with E-state index in [-0.39, 0.29) is 33.0 Å². The normalized spacial score (nSPS) is 18.7. The third kappa shape index (κ3) is 7.72. The van der Waals surface area contributed by atoms with Crippen molar-refractivity contribution in [3.05, 3.63) is 46.4 Å². The highest BCUT2D eigenvalue weighted by Gasteiger charge is 2.22. The van der Waals surface area contributed by atoms with Crippen molar-refractivity contribution in [2.24, 2.45) is 0 Å². The molecule has 2 fully saturated rings. The molecule has 0 radical (unpaired) electrons. The molecule has 0 spiro atoms. The molecule has 2 N–H and O–H groups in total. The summed E-state index contributed by atoms with van der Waals surface area (Å²) in [4.78, 5) is 4.36. The molecule has 2 aromatic carbocycles. The number of rotatable bonds is 12. The number of aliphatic hydroxyl groups is 2. The van der Waals surface area contributed by atoms with Gasteiger partial charge in [0.25, 0.3) is 0 Å². The van der Waals surface area contributed by atoms with Gasteiger partial charge in [-0.1, -0.05) is 23.2 Å². The molecular formula is C26H34Cl2N2O6S. The van der Waals surface area contributed by atoms with E-state index in [0.717, 1.165) is 51.9 Å². The minimum Gasteiger partial charge on any atom is -0.489 e. The highest BCUT2D eigenvalue weighted by molar-refractivity contribution is 7.91. The maximum atomic E-state index is 13.2. The number of aliphatic hydroxyl groups excluding tert-OH is 2. The maximum Gasteiger partial charge on any atom is 0.206 e. The molecule has 2 aromatic rings. The Bertz CT molecular complexity index is 1070. The standard InChI is InChI=1S/C26H34Cl2N2O6S/c27-23-13-21(5-7-25(23)35-17-19(31)15-29-9-1-2-10-29)37(33,34)22-6-8-26(24(28)14-22)36-18-20(32)16-30-11-3-4-12-30/h5-8,13-14,19-20,31-32H,1-4,9-12,15-18H2. The number of β-amino-alcohol motifs (C(OH)–C–C–N with tert-alkyl or cyclic N) is 2. The van der Waals surface area contributed by atoms with E-state index in [1.807, 2.05) is 0 Å². The molecular weight excluding hydrogens is 539 g/mol. The summed E-state index contributed by atoms with van der Waals surface area (Å²) < 4.78 is 37.7. The lowest BCUT2D eigenvalue weighted by molar-refractivity contribution is 0.0758. The molecule has 4 rings (SSSR count). The van der Waals surface area contributed by atoms with E-state index in [4.69, 9.17) is 32.7 Å². The van der Waals surface area contributed by atoms with Crippen LogP contribution in [0.2, 0.25) is 10.0 Å². The summed E-state index contributed by atoms with van der Waals surface area (Å²) in [7, 11) is -3.90. The number of sulfone groups is 1. The molecule has 0 bridgehead atoms. The zero-order valence-corrected chi connectivity index (χ0v) is 23.0. The van der Waals surface area contributed by atoms with Crippen LogP contribution in [0.15, 0.2) is 46.2 Å². The third-order valence-corrected chi connectivity index (χ3v) is 8.96. The number of hydrogen-bond donors (Lipinski definition) is 2. The molecule has 37 heavy (non-hydrogen) atoms. The summed E-state index contributed by atoms with van der Waals surface area (Å²) in [6.45, 7) is 5.08. The van der Waals surface area contributed by atoms with Gasteiger partial charge in [0.05, 0.1) is 19.8 Å². The monoisotopic (exact) mass is 572 g/mol. The zero-order chi connectivity index (χ0) is 26.4. The van der Waals surface area contributed by atoms with Gasteiger partial charge < -0.3 is 29.5 Å². The van der Waals surface area contributed by atoms with Gasteiger partial charge >= 0.3 is 0 Å². The SMILES string of the molecule is O=S(=O)(c1ccc(OCC(O)CN2CCCC2)c(Cl)c1)c1ccc(OCC(O)CN2CCCC2)c(Cl)c1. The summed E-state index contributed by atoms with van der Waals surface area (Å²) in [6.07, 6.45) is 3.22. The minimum absolute atomic E-state index is 0.00626. The molecule has 204 valence electrons. The van der Waals surface area contributed by atoms with Gasteiger partial charge in [0.1, 0.15) is 36.9 Å². The second kappa shape index (κ2) is 13.0. The first-order chi connectivity index (χ1) is 17.7. The quantitative estimate of drug-likeness (QED) is 0.398. The van der Waals surface area contributed by atoms with Crippen LogP contribution < -0.4 is 9.47 Å². The second-order valence-electron chi connectivity index (χ2n) is 9.63. The first-order valence-corrected chi connectivity index (χ1v) is 14.9. The van der Waals surface area contributed by atoms with E-state index in [2.05, 4.69) is 9.80 Å². The maximum absolute atomic E-state index is 13.2. The number of nitrogens with zero attached hydrogens (tertiary/aromatic N) is 2. The summed E-state index contributed by atoms with van der Waals surface area (Å²) in [5.74, 6) is 0.603. The van der Waals surface area contributed by atoms with Gasteiger partial charge in [-0.3, -0.25) is 0 Å². The fourth-order valence-electron chi connectivity index (χ4n) is 4.67. The van der Waals surface area contributed by atoms with Crippen LogP contribution in [0.3, 0.4) is 0 Å². The second-order valence-corrected chi connectivity index (χ2v) is 12.4. The summed E-state index contributed by atoms with van der Waals surface area (Å²) in [5, 5.41) is 20.7. The highest BCUT2D eigenvalue weighted by atomic mass is 35.5. The first-order valence-electron chi connectivity index (χ1n) is 12.6. The molecule has 2 aliphatic heterocycles. The number of likely N-dealkylation sites (tertiary alicyclic amines) is 2. The lowest BCUT2D eigenvalue weighted by Gasteiger charge is -2.20. The van der Waals surface area contributed by atoms with Crippen molar-refractivity contribution < 1.29 is 28.1 Å². The van der Waals surface area contributed by atoms with Gasteiger partial charge in [0, 0.05) is 13.1 Å². The molecule has 2 atom stereocenters. The number of halogens is 2. The Morgan fingerprint density at radius 3 is 1.46 bits per heavy atom. The molecule has 0 aromatic heterocycles. The van der Waals surface area contributed by atoms with Crippen molar-refractivity contribution >= 4 is 33.0 Å². The molecule has 0 aliphatic carbocycles. The summed E-state index contributed by atoms with van der Waals surface area (Å²) in [6, 6.07) is 8.45. The Morgan fingerprint density at radius 2 is 1.11 bits per heavy atom. The number of benzene rings is 2. The fourth-order valence-corrected chi connectivity index (χ4v) is 6.58. The predicted octanol–water partition coefficient (Wildman–Crippen LogP) is 3.50. The smallest absolute Gasteiger partial charge is 0.206 e. The van der Waals surface area contributed by atoms with Crippen molar-refractivity contribution in [1.29, 1.82) is 0 Å². The average molecular weight is 574 g/mol. The molecule has 2 saturated heterocycles. The molecule has 2 unspecified atom stereocenters. The van der Waals surface area contributed by atoms with Crippen LogP contribution in [0.5, 0.6) is 11.5 Å². The van der Waals surface area contributed by atoms with Crippen molar-refractivity contribution in [3.8, 4) is 11.5 Å². The largest absolute Gasteiger partial charge is 0.489 e. The van der Waals surface area contributed by atoms with Gasteiger partial charge in [0.15, 0.2) is 0 Å². The molecule has 11 heteroatoms. The van der Waals surface area contributed by atoms with Crippen LogP contribution in [0.25, 0.3) is 0 Å². The van der Waals surface area contributed by atoms with Crippen molar-refractivity contribution in [2.45, 2.75) is 47.7 Å². The Labute approximate surface area is 228 Å². The highest BCUT2D eigenvalue weighted by Crippen LogP contribution is 2.33. The zero-order valence-electron chi connectivity index (χ0n) is 20.7. The van der Waals surface area contributed by atoms with Crippen LogP contribution >= 0.6 is 23.2 Å². The Morgan fingerprint density at radius 1 is 0.730 bits per heavy atom. The van der Waals surface area contributed by atoms with Crippen LogP contribution in [0.1, 0.15) is 25.7 Å². The lowest BCUT2D eigenvalue weighted by Crippen LogP contribution is -2.33. The van der Waals surface area contributed by atoms with Crippen LogP contribution in [0, 0.1) is 0 Å². The Balaban J connectivity index is 1.35. The van der Waals surface area contributed by atoms with Gasteiger partial charge in [-0.2, -0.15) is 0 Å². The van der Waals surface area contributed by atoms with E-state index < -0.39 is 22.0 Å². The molecule has 2 heterocycles. The molecule has 0 saturated carbocycles. The first kappa shape index (κ1) is 28.4. The van der Waals surface area contributed by atoms with Crippen molar-refractivity contribution in [2.75, 3.05) is 52.5 Å². The Hall–Kier alpha value is -1.59. The third-order valence-electron chi connectivity index (χ3n) is 6.63.